The average Bonchev–Trinajstić information content (AvgIpc) is 3.08. The zero-order valence-electron chi connectivity index (χ0n) is 16.6. The Morgan fingerprint density at radius 1 is 1.19 bits per heavy atom. The summed E-state index contributed by atoms with van der Waals surface area (Å²) in [6.45, 7) is 11.7. The van der Waals surface area contributed by atoms with Gasteiger partial charge in [0.05, 0.1) is 11.2 Å². The van der Waals surface area contributed by atoms with Gasteiger partial charge in [-0.25, -0.2) is 4.98 Å². The van der Waals surface area contributed by atoms with E-state index in [4.69, 9.17) is 9.31 Å². The molecule has 1 atom stereocenters. The summed E-state index contributed by atoms with van der Waals surface area (Å²) in [6.07, 6.45) is 1.75. The molecule has 1 aliphatic rings. The van der Waals surface area contributed by atoms with Crippen LogP contribution in [0.5, 0.6) is 0 Å². The van der Waals surface area contributed by atoms with Crippen molar-refractivity contribution >= 4 is 37.4 Å². The molecule has 1 saturated heterocycles. The number of thiazole rings is 1. The highest BCUT2D eigenvalue weighted by atomic mass is 32.1. The molecule has 0 saturated carbocycles. The Morgan fingerprint density at radius 2 is 1.81 bits per heavy atom. The molecule has 0 aliphatic carbocycles. The van der Waals surface area contributed by atoms with Gasteiger partial charge < -0.3 is 14.4 Å². The number of hydrogen-bond acceptors (Lipinski definition) is 5. The largest absolute Gasteiger partial charge is 0.494 e. The van der Waals surface area contributed by atoms with Gasteiger partial charge in [0, 0.05) is 16.6 Å². The maximum atomic E-state index is 10.6. The van der Waals surface area contributed by atoms with Gasteiger partial charge in [-0.3, -0.25) is 0 Å². The summed E-state index contributed by atoms with van der Waals surface area (Å²) >= 11 is 1.45. The minimum Gasteiger partial charge on any atom is -0.399 e. The van der Waals surface area contributed by atoms with Crippen molar-refractivity contribution in [1.29, 1.82) is 0 Å². The molecule has 0 spiro atoms. The highest BCUT2D eigenvalue weighted by Gasteiger charge is 2.51. The van der Waals surface area contributed by atoms with Crippen LogP contribution in [0.1, 0.15) is 50.1 Å². The minimum absolute atomic E-state index is 0. The SMILES string of the molecule is Cc1cnc([C@@](C)(O)C#Cc2cccc(B3OC(C)(C)C(C)(C)O3)c2)s1.S. The summed E-state index contributed by atoms with van der Waals surface area (Å²) in [7, 11) is -0.427. The van der Waals surface area contributed by atoms with Crippen LogP contribution in [0.25, 0.3) is 0 Å². The molecule has 0 unspecified atom stereocenters. The maximum absolute atomic E-state index is 10.6. The molecule has 4 nitrogen and oxygen atoms in total. The van der Waals surface area contributed by atoms with Crippen LogP contribution in [-0.2, 0) is 14.9 Å². The third-order valence-electron chi connectivity index (χ3n) is 4.90. The van der Waals surface area contributed by atoms with E-state index < -0.39 is 12.7 Å². The van der Waals surface area contributed by atoms with Crippen molar-refractivity contribution in [1.82, 2.24) is 4.98 Å². The van der Waals surface area contributed by atoms with E-state index in [0.29, 0.717) is 5.01 Å². The summed E-state index contributed by atoms with van der Waals surface area (Å²) in [5.74, 6) is 5.98. The van der Waals surface area contributed by atoms with Crippen molar-refractivity contribution in [3.05, 3.63) is 45.9 Å². The van der Waals surface area contributed by atoms with E-state index in [1.807, 2.05) is 58.9 Å². The van der Waals surface area contributed by atoms with Gasteiger partial charge >= 0.3 is 7.12 Å². The van der Waals surface area contributed by atoms with E-state index in [-0.39, 0.29) is 24.7 Å². The molecule has 1 fully saturated rings. The lowest BCUT2D eigenvalue weighted by Crippen LogP contribution is -2.41. The molecular formula is C20H26BNO3S2. The molecule has 1 aliphatic heterocycles. The topological polar surface area (TPSA) is 51.6 Å². The van der Waals surface area contributed by atoms with Crippen LogP contribution >= 0.6 is 24.8 Å². The number of rotatable bonds is 2. The lowest BCUT2D eigenvalue weighted by Gasteiger charge is -2.32. The highest BCUT2D eigenvalue weighted by molar-refractivity contribution is 7.59. The van der Waals surface area contributed by atoms with Gasteiger partial charge in [-0.15, -0.1) is 11.3 Å². The summed E-state index contributed by atoms with van der Waals surface area (Å²) in [4.78, 5) is 5.28. The van der Waals surface area contributed by atoms with Crippen LogP contribution in [0.4, 0.5) is 0 Å². The van der Waals surface area contributed by atoms with E-state index in [0.717, 1.165) is 15.9 Å². The standard InChI is InChI=1S/C20H24BNO3S.H2S/c1-14-13-22-17(26-14)20(6,23)11-10-15-8-7-9-16(12-15)21-24-18(2,3)19(4,5)25-21;/h7-9,12-13,23H,1-6H3;1H2/t20-;/m0./s1. The average molecular weight is 403 g/mol. The smallest absolute Gasteiger partial charge is 0.399 e. The molecule has 1 aromatic heterocycles. The second-order valence-corrected chi connectivity index (χ2v) is 9.05. The second kappa shape index (κ2) is 7.61. The highest BCUT2D eigenvalue weighted by Crippen LogP contribution is 2.36. The predicted molar refractivity (Wildman–Crippen MR) is 116 cm³/mol. The minimum atomic E-state index is -1.28. The fraction of sp³-hybridized carbons (Fsp3) is 0.450. The van der Waals surface area contributed by atoms with Crippen molar-refractivity contribution in [2.24, 2.45) is 0 Å². The van der Waals surface area contributed by atoms with Gasteiger partial charge in [-0.1, -0.05) is 24.0 Å². The van der Waals surface area contributed by atoms with Crippen molar-refractivity contribution in [3.63, 3.8) is 0 Å². The summed E-state index contributed by atoms with van der Waals surface area (Å²) in [5.41, 5.74) is -0.331. The Hall–Kier alpha value is -1.30. The van der Waals surface area contributed by atoms with Crippen LogP contribution in [-0.4, -0.2) is 28.4 Å². The van der Waals surface area contributed by atoms with Crippen LogP contribution in [0.3, 0.4) is 0 Å². The molecule has 7 heteroatoms. The van der Waals surface area contributed by atoms with Crippen LogP contribution in [0, 0.1) is 18.8 Å². The fourth-order valence-electron chi connectivity index (χ4n) is 2.57. The van der Waals surface area contributed by atoms with E-state index in [9.17, 15) is 5.11 Å². The Balaban J connectivity index is 0.00000261. The molecule has 1 N–H and O–H groups in total. The molecule has 1 aromatic carbocycles. The Kier molecular flexibility index (Phi) is 6.20. The fourth-order valence-corrected chi connectivity index (χ4v) is 3.33. The van der Waals surface area contributed by atoms with Crippen molar-refractivity contribution in [2.75, 3.05) is 0 Å². The summed E-state index contributed by atoms with van der Waals surface area (Å²) < 4.78 is 12.2. The molecule has 2 aromatic rings. The summed E-state index contributed by atoms with van der Waals surface area (Å²) in [6, 6.07) is 7.74. The first kappa shape index (κ1) is 22.0. The van der Waals surface area contributed by atoms with Gasteiger partial charge in [0.25, 0.3) is 0 Å². The molecule has 0 radical (unpaired) electrons. The number of aryl methyl sites for hydroxylation is 1. The van der Waals surface area contributed by atoms with E-state index in [2.05, 4.69) is 16.8 Å². The van der Waals surface area contributed by atoms with Crippen molar-refractivity contribution in [2.45, 2.75) is 58.3 Å². The Labute approximate surface area is 172 Å². The number of aliphatic hydroxyl groups is 1. The van der Waals surface area contributed by atoms with Gasteiger partial charge in [0.15, 0.2) is 5.60 Å². The first-order valence-electron chi connectivity index (χ1n) is 8.64. The molecule has 0 amide bonds. The van der Waals surface area contributed by atoms with Gasteiger partial charge in [-0.05, 0) is 59.1 Å². The van der Waals surface area contributed by atoms with Gasteiger partial charge in [-0.2, -0.15) is 13.5 Å². The van der Waals surface area contributed by atoms with Crippen molar-refractivity contribution < 1.29 is 14.4 Å². The van der Waals surface area contributed by atoms with E-state index >= 15 is 0 Å². The monoisotopic (exact) mass is 403 g/mol. The van der Waals surface area contributed by atoms with Crippen LogP contribution < -0.4 is 5.46 Å². The molecule has 144 valence electrons. The van der Waals surface area contributed by atoms with Gasteiger partial charge in [0.2, 0.25) is 0 Å². The summed E-state index contributed by atoms with van der Waals surface area (Å²) in [5, 5.41) is 11.2. The maximum Gasteiger partial charge on any atom is 0.494 e. The quantitative estimate of drug-likeness (QED) is 0.619. The lowest BCUT2D eigenvalue weighted by molar-refractivity contribution is 0.00578. The zero-order chi connectivity index (χ0) is 19.2. The first-order chi connectivity index (χ1) is 12.0. The predicted octanol–water partition coefficient (Wildman–Crippen LogP) is 3.12. The number of aromatic nitrogens is 1. The van der Waals surface area contributed by atoms with E-state index in [1.54, 1.807) is 13.1 Å². The van der Waals surface area contributed by atoms with Crippen LogP contribution in [0.15, 0.2) is 30.5 Å². The second-order valence-electron chi connectivity index (χ2n) is 7.81. The van der Waals surface area contributed by atoms with Crippen LogP contribution in [0.2, 0.25) is 0 Å². The van der Waals surface area contributed by atoms with E-state index in [1.165, 1.54) is 11.3 Å². The number of benzene rings is 1. The molecule has 3 rings (SSSR count). The normalized spacial score (nSPS) is 19.6. The number of nitrogens with zero attached hydrogens (tertiary/aromatic N) is 1. The molecular weight excluding hydrogens is 377 g/mol. The third-order valence-corrected chi connectivity index (χ3v) is 6.02. The number of hydrogen-bond donors (Lipinski definition) is 1. The molecule has 27 heavy (non-hydrogen) atoms. The Morgan fingerprint density at radius 3 is 2.37 bits per heavy atom. The lowest BCUT2D eigenvalue weighted by atomic mass is 9.78. The molecule has 2 heterocycles. The third kappa shape index (κ3) is 4.58. The molecule has 0 bridgehead atoms. The zero-order valence-corrected chi connectivity index (χ0v) is 18.4. The Bertz CT molecular complexity index is 865. The first-order valence-corrected chi connectivity index (χ1v) is 9.46. The van der Waals surface area contributed by atoms with Crippen molar-refractivity contribution in [3.8, 4) is 11.8 Å². The van der Waals surface area contributed by atoms with Gasteiger partial charge in [0.1, 0.15) is 5.01 Å².